The Morgan fingerprint density at radius 2 is 1.95 bits per heavy atom. The van der Waals surface area contributed by atoms with E-state index in [4.69, 9.17) is 19.2 Å². The van der Waals surface area contributed by atoms with Crippen molar-refractivity contribution < 1.29 is 23.8 Å². The van der Waals surface area contributed by atoms with Crippen molar-refractivity contribution in [1.82, 2.24) is 15.0 Å². The summed E-state index contributed by atoms with van der Waals surface area (Å²) in [5.41, 5.74) is 2.69. The Labute approximate surface area is 247 Å². The molecule has 0 amide bonds. The number of anilines is 2. The van der Waals surface area contributed by atoms with Gasteiger partial charge in [0.15, 0.2) is 11.7 Å². The number of nitrogens with one attached hydrogen (secondary N) is 1. The van der Waals surface area contributed by atoms with Crippen molar-refractivity contribution in [1.29, 1.82) is 0 Å². The molecule has 0 aliphatic carbocycles. The molecule has 1 unspecified atom stereocenters. The number of esters is 1. The molecule has 41 heavy (non-hydrogen) atoms. The van der Waals surface area contributed by atoms with E-state index in [-0.39, 0.29) is 18.1 Å². The predicted octanol–water partition coefficient (Wildman–Crippen LogP) is 6.16. The first-order valence-electron chi connectivity index (χ1n) is 13.2. The largest absolute Gasteiger partial charge is 0.497 e. The molecule has 0 spiro atoms. The van der Waals surface area contributed by atoms with Crippen LogP contribution in [0.4, 0.5) is 11.6 Å². The van der Waals surface area contributed by atoms with Gasteiger partial charge in [-0.05, 0) is 80.8 Å². The van der Waals surface area contributed by atoms with Crippen LogP contribution in [0.2, 0.25) is 0 Å². The quantitative estimate of drug-likeness (QED) is 0.135. The molecule has 9 nitrogen and oxygen atoms in total. The van der Waals surface area contributed by atoms with Gasteiger partial charge < -0.3 is 24.1 Å². The first kappa shape index (κ1) is 28.4. The molecule has 2 aromatic carbocycles. The molecule has 1 aliphatic heterocycles. The van der Waals surface area contributed by atoms with Crippen molar-refractivity contribution in [3.05, 3.63) is 93.8 Å². The summed E-state index contributed by atoms with van der Waals surface area (Å²) in [5, 5.41) is 0. The minimum absolute atomic E-state index is 0.0773. The van der Waals surface area contributed by atoms with Crippen molar-refractivity contribution in [2.75, 3.05) is 18.6 Å². The van der Waals surface area contributed by atoms with E-state index >= 15 is 0 Å². The fourth-order valence-electron chi connectivity index (χ4n) is 4.67. The van der Waals surface area contributed by atoms with Crippen molar-refractivity contribution in [2.45, 2.75) is 45.3 Å². The summed E-state index contributed by atoms with van der Waals surface area (Å²) >= 11 is 3.53. The molecule has 1 N–H and O–H groups in total. The monoisotopic (exact) mass is 618 g/mol. The molecule has 0 radical (unpaired) electrons. The van der Waals surface area contributed by atoms with Crippen LogP contribution in [0, 0.1) is 0 Å². The number of carbonyl (C=O) groups excluding carboxylic acids is 2. The Balaban J connectivity index is 1.53. The highest BCUT2D eigenvalue weighted by molar-refractivity contribution is 9.10. The standard InChI is InChI=1S/C31H31BrN4O5/c1-31(2,3)41-29(38)26(24-9-6-13-33-24)27(37)23-17-34-30(36-14-12-20-16-21(32)10-11-25(20)36)35-28(23)40-18-19-7-5-8-22(15-19)39-4/h5-11,13,15-17,26,33H,12,14,18H2,1-4H3. The van der Waals surface area contributed by atoms with Crippen LogP contribution in [0.3, 0.4) is 0 Å². The van der Waals surface area contributed by atoms with Crippen LogP contribution in [0.25, 0.3) is 0 Å². The molecule has 5 rings (SSSR count). The van der Waals surface area contributed by atoms with Crippen molar-refractivity contribution in [3.8, 4) is 11.6 Å². The van der Waals surface area contributed by atoms with E-state index in [2.05, 4.69) is 32.0 Å². The molecule has 212 valence electrons. The number of carbonyl (C=O) groups is 2. The topological polar surface area (TPSA) is 107 Å². The molecule has 0 fully saturated rings. The molecule has 1 aliphatic rings. The molecular weight excluding hydrogens is 588 g/mol. The molecular formula is C31H31BrN4O5. The lowest BCUT2D eigenvalue weighted by atomic mass is 9.95. The molecule has 0 saturated carbocycles. The summed E-state index contributed by atoms with van der Waals surface area (Å²) in [6.07, 6.45) is 3.91. The summed E-state index contributed by atoms with van der Waals surface area (Å²) in [5.74, 6) is -1.29. The van der Waals surface area contributed by atoms with Crippen molar-refractivity contribution >= 4 is 39.3 Å². The number of fused-ring (bicyclic) bond motifs is 1. The number of nitrogens with zero attached hydrogens (tertiary/aromatic N) is 3. The Morgan fingerprint density at radius 3 is 2.68 bits per heavy atom. The third kappa shape index (κ3) is 6.43. The van der Waals surface area contributed by atoms with Crippen LogP contribution in [-0.2, 0) is 22.6 Å². The van der Waals surface area contributed by atoms with Gasteiger partial charge in [0.1, 0.15) is 18.0 Å². The highest BCUT2D eigenvalue weighted by atomic mass is 79.9. The van der Waals surface area contributed by atoms with Crippen LogP contribution in [0.1, 0.15) is 53.9 Å². The normalized spacial score (nSPS) is 13.4. The maximum atomic E-state index is 14.1. The summed E-state index contributed by atoms with van der Waals surface area (Å²) in [7, 11) is 1.59. The summed E-state index contributed by atoms with van der Waals surface area (Å²) in [4.78, 5) is 41.6. The van der Waals surface area contributed by atoms with Gasteiger partial charge in [0.25, 0.3) is 0 Å². The highest BCUT2D eigenvalue weighted by Crippen LogP contribution is 2.36. The van der Waals surface area contributed by atoms with Crippen LogP contribution in [0.15, 0.2) is 71.5 Å². The zero-order valence-electron chi connectivity index (χ0n) is 23.3. The second-order valence-corrected chi connectivity index (χ2v) is 11.6. The van der Waals surface area contributed by atoms with Gasteiger partial charge in [0.2, 0.25) is 11.8 Å². The number of ether oxygens (including phenoxy) is 3. The number of H-pyrrole nitrogens is 1. The fraction of sp³-hybridized carbons (Fsp3) is 0.290. The number of aromatic nitrogens is 3. The Morgan fingerprint density at radius 1 is 1.12 bits per heavy atom. The molecule has 0 saturated heterocycles. The second kappa shape index (κ2) is 11.7. The van der Waals surface area contributed by atoms with Crippen LogP contribution in [-0.4, -0.2) is 46.0 Å². The number of aromatic amines is 1. The van der Waals surface area contributed by atoms with E-state index in [0.717, 1.165) is 22.1 Å². The minimum Gasteiger partial charge on any atom is -0.497 e. The van der Waals surface area contributed by atoms with Gasteiger partial charge in [0.05, 0.1) is 12.7 Å². The van der Waals surface area contributed by atoms with Gasteiger partial charge in [-0.3, -0.25) is 9.59 Å². The minimum atomic E-state index is -1.25. The lowest BCUT2D eigenvalue weighted by Crippen LogP contribution is -2.32. The van der Waals surface area contributed by atoms with Crippen molar-refractivity contribution in [3.63, 3.8) is 0 Å². The molecule has 2 aromatic heterocycles. The van der Waals surface area contributed by atoms with E-state index in [9.17, 15) is 9.59 Å². The Hall–Kier alpha value is -4.18. The van der Waals surface area contributed by atoms with E-state index in [1.807, 2.05) is 41.3 Å². The third-order valence-electron chi connectivity index (χ3n) is 6.53. The number of hydrogen-bond acceptors (Lipinski definition) is 8. The lowest BCUT2D eigenvalue weighted by Gasteiger charge is -2.24. The molecule has 10 heteroatoms. The molecule has 1 atom stereocenters. The highest BCUT2D eigenvalue weighted by Gasteiger charge is 2.37. The molecule has 3 heterocycles. The maximum Gasteiger partial charge on any atom is 0.323 e. The zero-order chi connectivity index (χ0) is 29.1. The fourth-order valence-corrected chi connectivity index (χ4v) is 5.08. The molecule has 0 bridgehead atoms. The number of rotatable bonds is 9. The number of hydrogen-bond donors (Lipinski definition) is 1. The van der Waals surface area contributed by atoms with Crippen molar-refractivity contribution in [2.24, 2.45) is 0 Å². The van der Waals surface area contributed by atoms with Gasteiger partial charge in [-0.25, -0.2) is 4.98 Å². The van der Waals surface area contributed by atoms with E-state index < -0.39 is 23.3 Å². The first-order valence-corrected chi connectivity index (χ1v) is 14.0. The second-order valence-electron chi connectivity index (χ2n) is 10.7. The SMILES string of the molecule is COc1cccc(COc2nc(N3CCc4cc(Br)ccc43)ncc2C(=O)C(C(=O)OC(C)(C)C)c2ccc[nH]2)c1. The average Bonchev–Trinajstić information content (AvgIpc) is 3.61. The van der Waals surface area contributed by atoms with E-state index in [0.29, 0.717) is 23.9 Å². The van der Waals surface area contributed by atoms with Gasteiger partial charge in [-0.2, -0.15) is 4.98 Å². The maximum absolute atomic E-state index is 14.1. The summed E-state index contributed by atoms with van der Waals surface area (Å²) in [6, 6.07) is 16.9. The van der Waals surface area contributed by atoms with Gasteiger partial charge in [0, 0.05) is 34.8 Å². The van der Waals surface area contributed by atoms with Gasteiger partial charge in [-0.1, -0.05) is 28.1 Å². The third-order valence-corrected chi connectivity index (χ3v) is 7.03. The number of benzene rings is 2. The number of Topliss-reactive ketones (excluding diaryl/α,β-unsaturated/α-hetero) is 1. The Bertz CT molecular complexity index is 1570. The van der Waals surface area contributed by atoms with E-state index in [1.54, 1.807) is 46.2 Å². The Kier molecular flexibility index (Phi) is 8.12. The lowest BCUT2D eigenvalue weighted by molar-refractivity contribution is -0.155. The van der Waals surface area contributed by atoms with Gasteiger partial charge in [-0.15, -0.1) is 0 Å². The molecule has 4 aromatic rings. The number of methoxy groups -OCH3 is 1. The van der Waals surface area contributed by atoms with Crippen LogP contribution < -0.4 is 14.4 Å². The average molecular weight is 620 g/mol. The predicted molar refractivity (Wildman–Crippen MR) is 158 cm³/mol. The first-order chi connectivity index (χ1) is 19.6. The van der Waals surface area contributed by atoms with Crippen LogP contribution in [0.5, 0.6) is 11.6 Å². The zero-order valence-corrected chi connectivity index (χ0v) is 24.9. The number of ketones is 1. The van der Waals surface area contributed by atoms with Crippen LogP contribution >= 0.6 is 15.9 Å². The smallest absolute Gasteiger partial charge is 0.323 e. The number of halogens is 1. The summed E-state index contributed by atoms with van der Waals surface area (Å²) in [6.45, 7) is 6.07. The summed E-state index contributed by atoms with van der Waals surface area (Å²) < 4.78 is 18.1. The van der Waals surface area contributed by atoms with Gasteiger partial charge >= 0.3 is 5.97 Å². The van der Waals surface area contributed by atoms with E-state index in [1.165, 1.54) is 11.8 Å².